The summed E-state index contributed by atoms with van der Waals surface area (Å²) in [6, 6.07) is -0.685. The van der Waals surface area contributed by atoms with E-state index in [2.05, 4.69) is 31.3 Å². The molecule has 5 heteroatoms. The molecule has 0 saturated heterocycles. The van der Waals surface area contributed by atoms with Crippen LogP contribution in [0.25, 0.3) is 0 Å². The quantitative estimate of drug-likeness (QED) is 0.0518. The lowest BCUT2D eigenvalue weighted by Gasteiger charge is -2.22. The van der Waals surface area contributed by atoms with Crippen LogP contribution in [0.15, 0.2) is 24.3 Å². The Hall–Kier alpha value is -1.17. The molecule has 0 aliphatic carbocycles. The maximum atomic E-state index is 12.3. The average molecular weight is 566 g/mol. The summed E-state index contributed by atoms with van der Waals surface area (Å²) in [4.78, 5) is 12.3. The van der Waals surface area contributed by atoms with Gasteiger partial charge in [-0.2, -0.15) is 0 Å². The molecule has 0 rings (SSSR count). The second kappa shape index (κ2) is 30.8. The van der Waals surface area contributed by atoms with Gasteiger partial charge in [0.1, 0.15) is 0 Å². The first kappa shape index (κ1) is 38.8. The first-order chi connectivity index (χ1) is 19.5. The highest BCUT2D eigenvalue weighted by atomic mass is 16.3. The fourth-order valence-corrected chi connectivity index (χ4v) is 5.11. The van der Waals surface area contributed by atoms with E-state index in [0.717, 1.165) is 25.7 Å². The standard InChI is InChI=1S/C35H67NO4/c1-3-5-7-9-11-13-15-16-17-19-21-23-25-27-29-34(39)33(31-37)36-35(40)30-32(38)28-26-24-22-20-18-14-12-10-8-6-4-2/h20,22,26,28,32-34,37-39H,3-19,21,23-25,27,29-31H2,1-2H3,(H,36,40)/b22-20-,28-26-. The van der Waals surface area contributed by atoms with E-state index in [-0.39, 0.29) is 18.9 Å². The monoisotopic (exact) mass is 566 g/mol. The number of aliphatic hydroxyl groups is 3. The number of hydrogen-bond acceptors (Lipinski definition) is 4. The molecule has 3 unspecified atom stereocenters. The Balaban J connectivity index is 3.80. The summed E-state index contributed by atoms with van der Waals surface area (Å²) < 4.78 is 0. The van der Waals surface area contributed by atoms with Gasteiger partial charge in [0, 0.05) is 0 Å². The summed E-state index contributed by atoms with van der Waals surface area (Å²) in [5.74, 6) is -0.352. The van der Waals surface area contributed by atoms with Crippen LogP contribution in [0.2, 0.25) is 0 Å². The lowest BCUT2D eigenvalue weighted by Crippen LogP contribution is -2.46. The number of carbonyl (C=O) groups is 1. The van der Waals surface area contributed by atoms with Gasteiger partial charge < -0.3 is 20.6 Å². The number of rotatable bonds is 30. The van der Waals surface area contributed by atoms with Crippen molar-refractivity contribution in [3.63, 3.8) is 0 Å². The normalized spacial score (nSPS) is 14.2. The smallest absolute Gasteiger partial charge is 0.223 e. The molecule has 0 bridgehead atoms. The molecule has 0 aliphatic heterocycles. The number of nitrogens with one attached hydrogen (secondary N) is 1. The van der Waals surface area contributed by atoms with E-state index >= 15 is 0 Å². The van der Waals surface area contributed by atoms with E-state index in [1.54, 1.807) is 6.08 Å². The van der Waals surface area contributed by atoms with Crippen molar-refractivity contribution in [2.24, 2.45) is 0 Å². The minimum absolute atomic E-state index is 0.0694. The number of allylic oxidation sites excluding steroid dienone is 3. The van der Waals surface area contributed by atoms with Crippen LogP contribution in [0.3, 0.4) is 0 Å². The number of unbranched alkanes of at least 4 members (excludes halogenated alkanes) is 19. The third-order valence-corrected chi connectivity index (χ3v) is 7.78. The second-order valence-corrected chi connectivity index (χ2v) is 11.8. The molecule has 3 atom stereocenters. The Morgan fingerprint density at radius 2 is 1.12 bits per heavy atom. The molecular weight excluding hydrogens is 498 g/mol. The van der Waals surface area contributed by atoms with E-state index < -0.39 is 18.2 Å². The summed E-state index contributed by atoms with van der Waals surface area (Å²) in [5, 5.41) is 32.9. The van der Waals surface area contributed by atoms with Gasteiger partial charge in [0.2, 0.25) is 5.91 Å². The lowest BCUT2D eigenvalue weighted by molar-refractivity contribution is -0.124. The minimum atomic E-state index is -0.866. The Bertz CT molecular complexity index is 592. The maximum Gasteiger partial charge on any atom is 0.223 e. The number of amides is 1. The zero-order chi connectivity index (χ0) is 29.5. The van der Waals surface area contributed by atoms with Crippen molar-refractivity contribution in [3.05, 3.63) is 24.3 Å². The van der Waals surface area contributed by atoms with Gasteiger partial charge in [0.25, 0.3) is 0 Å². The summed E-state index contributed by atoms with van der Waals surface area (Å²) in [6.07, 6.45) is 34.3. The topological polar surface area (TPSA) is 89.8 Å². The van der Waals surface area contributed by atoms with Crippen LogP contribution in [0, 0.1) is 0 Å². The summed E-state index contributed by atoms with van der Waals surface area (Å²) in [6.45, 7) is 4.19. The molecule has 236 valence electrons. The first-order valence-electron chi connectivity index (χ1n) is 17.1. The van der Waals surface area contributed by atoms with E-state index in [1.165, 1.54) is 116 Å². The number of aliphatic hydroxyl groups excluding tert-OH is 3. The van der Waals surface area contributed by atoms with Crippen molar-refractivity contribution in [1.29, 1.82) is 0 Å². The van der Waals surface area contributed by atoms with Crippen LogP contribution in [-0.2, 0) is 4.79 Å². The number of hydrogen-bond donors (Lipinski definition) is 4. The van der Waals surface area contributed by atoms with Crippen LogP contribution in [0.5, 0.6) is 0 Å². The molecule has 0 heterocycles. The fourth-order valence-electron chi connectivity index (χ4n) is 5.11. The van der Waals surface area contributed by atoms with Crippen LogP contribution < -0.4 is 5.32 Å². The Morgan fingerprint density at radius 3 is 1.62 bits per heavy atom. The molecular formula is C35H67NO4. The molecule has 0 aromatic carbocycles. The third-order valence-electron chi connectivity index (χ3n) is 7.78. The van der Waals surface area contributed by atoms with Crippen LogP contribution in [0.4, 0.5) is 0 Å². The SMILES string of the molecule is CCCCCCCC/C=C\C/C=C\C(O)CC(=O)NC(CO)C(O)CCCCCCCCCCCCCCCC. The predicted octanol–water partition coefficient (Wildman–Crippen LogP) is 8.70. The van der Waals surface area contributed by atoms with Gasteiger partial charge in [0.05, 0.1) is 31.3 Å². The van der Waals surface area contributed by atoms with E-state index in [4.69, 9.17) is 0 Å². The van der Waals surface area contributed by atoms with Crippen molar-refractivity contribution >= 4 is 5.91 Å². The summed E-state index contributed by atoms with van der Waals surface area (Å²) in [5.41, 5.74) is 0. The highest BCUT2D eigenvalue weighted by Gasteiger charge is 2.21. The van der Waals surface area contributed by atoms with Gasteiger partial charge in [-0.3, -0.25) is 4.79 Å². The largest absolute Gasteiger partial charge is 0.394 e. The molecule has 0 aromatic heterocycles. The van der Waals surface area contributed by atoms with Gasteiger partial charge in [-0.05, 0) is 25.7 Å². The van der Waals surface area contributed by atoms with Crippen molar-refractivity contribution in [2.45, 2.75) is 186 Å². The molecule has 5 nitrogen and oxygen atoms in total. The molecule has 0 radical (unpaired) electrons. The maximum absolute atomic E-state index is 12.3. The van der Waals surface area contributed by atoms with E-state index in [0.29, 0.717) is 6.42 Å². The molecule has 40 heavy (non-hydrogen) atoms. The fraction of sp³-hybridized carbons (Fsp3) is 0.857. The molecule has 4 N–H and O–H groups in total. The highest BCUT2D eigenvalue weighted by Crippen LogP contribution is 2.14. The first-order valence-corrected chi connectivity index (χ1v) is 17.1. The molecule has 0 fully saturated rings. The van der Waals surface area contributed by atoms with Gasteiger partial charge in [-0.25, -0.2) is 0 Å². The Morgan fingerprint density at radius 1 is 0.650 bits per heavy atom. The molecule has 0 saturated carbocycles. The van der Waals surface area contributed by atoms with Crippen molar-refractivity contribution in [2.75, 3.05) is 6.61 Å². The summed E-state index contributed by atoms with van der Waals surface area (Å²) in [7, 11) is 0. The molecule has 0 aliphatic rings. The Labute approximate surface area is 248 Å². The third kappa shape index (κ3) is 27.0. The van der Waals surface area contributed by atoms with E-state index in [1.807, 2.05) is 6.08 Å². The van der Waals surface area contributed by atoms with Crippen LogP contribution in [-0.4, -0.2) is 46.1 Å². The van der Waals surface area contributed by atoms with Crippen LogP contribution in [0.1, 0.15) is 168 Å². The van der Waals surface area contributed by atoms with E-state index in [9.17, 15) is 20.1 Å². The van der Waals surface area contributed by atoms with Gasteiger partial charge in [-0.15, -0.1) is 0 Å². The van der Waals surface area contributed by atoms with Crippen molar-refractivity contribution < 1.29 is 20.1 Å². The minimum Gasteiger partial charge on any atom is -0.394 e. The second-order valence-electron chi connectivity index (χ2n) is 11.8. The average Bonchev–Trinajstić information content (AvgIpc) is 2.94. The molecule has 0 aromatic rings. The molecule has 0 spiro atoms. The van der Waals surface area contributed by atoms with Crippen LogP contribution >= 0.6 is 0 Å². The van der Waals surface area contributed by atoms with Gasteiger partial charge >= 0.3 is 0 Å². The van der Waals surface area contributed by atoms with Gasteiger partial charge in [-0.1, -0.05) is 160 Å². The zero-order valence-corrected chi connectivity index (χ0v) is 26.5. The number of carbonyl (C=O) groups excluding carboxylic acids is 1. The summed E-state index contributed by atoms with van der Waals surface area (Å²) >= 11 is 0. The van der Waals surface area contributed by atoms with Gasteiger partial charge in [0.15, 0.2) is 0 Å². The highest BCUT2D eigenvalue weighted by molar-refractivity contribution is 5.77. The van der Waals surface area contributed by atoms with Crippen molar-refractivity contribution in [3.8, 4) is 0 Å². The Kier molecular flexibility index (Phi) is 29.9. The predicted molar refractivity (Wildman–Crippen MR) is 171 cm³/mol. The van der Waals surface area contributed by atoms with Crippen molar-refractivity contribution in [1.82, 2.24) is 5.32 Å². The lowest BCUT2D eigenvalue weighted by atomic mass is 10.0. The molecule has 1 amide bonds. The zero-order valence-electron chi connectivity index (χ0n) is 26.5.